The van der Waals surface area contributed by atoms with E-state index < -0.39 is 6.10 Å². The van der Waals surface area contributed by atoms with Gasteiger partial charge in [-0.25, -0.2) is 0 Å². The fraction of sp³-hybridized carbons (Fsp3) is 0.533. The standard InChI is InChI=1S/C15H20ClN3O2/c16-12-3-1-11(2-4-12)15(21)19-9-13(14(20)10-19)18-7-5-17-6-8-18/h1-4,13-14,17,20H,5-10H2/t13?,14-/m0/s1. The Morgan fingerprint density at radius 1 is 1.19 bits per heavy atom. The second-order valence-corrected chi connectivity index (χ2v) is 6.07. The van der Waals surface area contributed by atoms with Gasteiger partial charge < -0.3 is 15.3 Å². The maximum absolute atomic E-state index is 12.5. The number of halogens is 1. The second-order valence-electron chi connectivity index (χ2n) is 5.64. The number of rotatable bonds is 2. The van der Waals surface area contributed by atoms with Crippen molar-refractivity contribution in [2.45, 2.75) is 12.1 Å². The lowest BCUT2D eigenvalue weighted by Crippen LogP contribution is -2.52. The summed E-state index contributed by atoms with van der Waals surface area (Å²) in [5.41, 5.74) is 0.618. The maximum atomic E-state index is 12.5. The summed E-state index contributed by atoms with van der Waals surface area (Å²) in [6.45, 7) is 4.71. The van der Waals surface area contributed by atoms with Gasteiger partial charge in [0.1, 0.15) is 0 Å². The van der Waals surface area contributed by atoms with Gasteiger partial charge >= 0.3 is 0 Å². The fourth-order valence-corrected chi connectivity index (χ4v) is 3.21. The quantitative estimate of drug-likeness (QED) is 0.832. The fourth-order valence-electron chi connectivity index (χ4n) is 3.08. The molecule has 3 rings (SSSR count). The van der Waals surface area contributed by atoms with E-state index in [-0.39, 0.29) is 11.9 Å². The molecule has 2 atom stereocenters. The van der Waals surface area contributed by atoms with Crippen molar-refractivity contribution in [1.29, 1.82) is 0 Å². The molecule has 2 aliphatic rings. The Hall–Kier alpha value is -1.14. The summed E-state index contributed by atoms with van der Waals surface area (Å²) in [5, 5.41) is 14.2. The highest BCUT2D eigenvalue weighted by atomic mass is 35.5. The number of aliphatic hydroxyl groups excluding tert-OH is 1. The van der Waals surface area contributed by atoms with Crippen LogP contribution in [-0.2, 0) is 0 Å². The van der Waals surface area contributed by atoms with Gasteiger partial charge in [0.15, 0.2) is 0 Å². The first-order chi connectivity index (χ1) is 10.1. The van der Waals surface area contributed by atoms with Crippen LogP contribution in [0.4, 0.5) is 0 Å². The number of aliphatic hydroxyl groups is 1. The second kappa shape index (κ2) is 6.32. The first-order valence-electron chi connectivity index (χ1n) is 7.33. The van der Waals surface area contributed by atoms with E-state index in [1.54, 1.807) is 29.2 Å². The summed E-state index contributed by atoms with van der Waals surface area (Å²) in [4.78, 5) is 16.5. The third kappa shape index (κ3) is 3.21. The zero-order valence-electron chi connectivity index (χ0n) is 11.8. The van der Waals surface area contributed by atoms with Gasteiger partial charge in [0.25, 0.3) is 5.91 Å². The predicted octanol–water partition coefficient (Wildman–Crippen LogP) is 0.430. The Balaban J connectivity index is 1.67. The molecule has 2 saturated heterocycles. The molecule has 0 aromatic heterocycles. The van der Waals surface area contributed by atoms with Crippen LogP contribution >= 0.6 is 11.6 Å². The van der Waals surface area contributed by atoms with E-state index in [1.807, 2.05) is 0 Å². The third-order valence-electron chi connectivity index (χ3n) is 4.26. The summed E-state index contributed by atoms with van der Waals surface area (Å²) >= 11 is 5.85. The highest BCUT2D eigenvalue weighted by Gasteiger charge is 2.38. The molecule has 1 aromatic rings. The SMILES string of the molecule is O=C(c1ccc(Cl)cc1)N1CC(N2CCNCC2)[C@@H](O)C1. The van der Waals surface area contributed by atoms with Gasteiger partial charge in [-0.05, 0) is 24.3 Å². The van der Waals surface area contributed by atoms with Gasteiger partial charge in [0, 0.05) is 49.9 Å². The van der Waals surface area contributed by atoms with Gasteiger partial charge in [0.05, 0.1) is 12.1 Å². The molecule has 6 heteroatoms. The molecule has 5 nitrogen and oxygen atoms in total. The molecule has 1 aromatic carbocycles. The number of piperazine rings is 1. The van der Waals surface area contributed by atoms with Gasteiger partial charge in [-0.3, -0.25) is 9.69 Å². The molecule has 21 heavy (non-hydrogen) atoms. The van der Waals surface area contributed by atoms with E-state index in [2.05, 4.69) is 10.2 Å². The number of hydrogen-bond donors (Lipinski definition) is 2. The van der Waals surface area contributed by atoms with Gasteiger partial charge in [0.2, 0.25) is 0 Å². The largest absolute Gasteiger partial charge is 0.390 e. The van der Waals surface area contributed by atoms with Gasteiger partial charge in [-0.1, -0.05) is 11.6 Å². The maximum Gasteiger partial charge on any atom is 0.253 e. The molecule has 0 saturated carbocycles. The zero-order chi connectivity index (χ0) is 14.8. The molecule has 1 unspecified atom stereocenters. The Kier molecular flexibility index (Phi) is 4.45. The van der Waals surface area contributed by atoms with E-state index >= 15 is 0 Å². The van der Waals surface area contributed by atoms with E-state index in [9.17, 15) is 9.90 Å². The Labute approximate surface area is 129 Å². The molecule has 0 radical (unpaired) electrons. The van der Waals surface area contributed by atoms with Crippen LogP contribution in [0.25, 0.3) is 0 Å². The lowest BCUT2D eigenvalue weighted by Gasteiger charge is -2.33. The Morgan fingerprint density at radius 2 is 1.86 bits per heavy atom. The topological polar surface area (TPSA) is 55.8 Å². The number of hydrogen-bond acceptors (Lipinski definition) is 4. The molecule has 114 valence electrons. The number of β-amino-alcohol motifs (C(OH)–C–C–N with tert-alkyl or cyclic N) is 1. The van der Waals surface area contributed by atoms with Crippen LogP contribution in [0.3, 0.4) is 0 Å². The third-order valence-corrected chi connectivity index (χ3v) is 4.51. The van der Waals surface area contributed by atoms with E-state index in [0.717, 1.165) is 26.2 Å². The molecule has 0 aliphatic carbocycles. The average Bonchev–Trinajstić information content (AvgIpc) is 2.90. The average molecular weight is 310 g/mol. The van der Waals surface area contributed by atoms with Crippen molar-refractivity contribution in [1.82, 2.24) is 15.1 Å². The summed E-state index contributed by atoms with van der Waals surface area (Å²) in [6, 6.07) is 6.94. The number of amides is 1. The molecule has 2 heterocycles. The molecule has 2 fully saturated rings. The predicted molar refractivity (Wildman–Crippen MR) is 81.6 cm³/mol. The van der Waals surface area contributed by atoms with Crippen LogP contribution in [0.1, 0.15) is 10.4 Å². The number of likely N-dealkylation sites (tertiary alicyclic amines) is 1. The van der Waals surface area contributed by atoms with Crippen molar-refractivity contribution >= 4 is 17.5 Å². The summed E-state index contributed by atoms with van der Waals surface area (Å²) in [5.74, 6) is -0.0386. The van der Waals surface area contributed by atoms with E-state index in [0.29, 0.717) is 23.7 Å². The summed E-state index contributed by atoms with van der Waals surface area (Å²) in [6.07, 6.45) is -0.473. The first-order valence-corrected chi connectivity index (χ1v) is 7.70. The lowest BCUT2D eigenvalue weighted by molar-refractivity contribution is 0.0738. The monoisotopic (exact) mass is 309 g/mol. The molecule has 2 aliphatic heterocycles. The van der Waals surface area contributed by atoms with Crippen LogP contribution in [0, 0.1) is 0 Å². The van der Waals surface area contributed by atoms with Crippen LogP contribution in [0.15, 0.2) is 24.3 Å². The number of nitrogens with one attached hydrogen (secondary N) is 1. The molecule has 1 amide bonds. The van der Waals surface area contributed by atoms with Gasteiger partial charge in [-0.15, -0.1) is 0 Å². The van der Waals surface area contributed by atoms with E-state index in [4.69, 9.17) is 11.6 Å². The summed E-state index contributed by atoms with van der Waals surface area (Å²) < 4.78 is 0. The van der Waals surface area contributed by atoms with Crippen molar-refractivity contribution in [3.05, 3.63) is 34.9 Å². The minimum atomic E-state index is -0.473. The molecule has 0 bridgehead atoms. The van der Waals surface area contributed by atoms with Crippen LogP contribution in [0.2, 0.25) is 5.02 Å². The Morgan fingerprint density at radius 3 is 2.52 bits per heavy atom. The highest BCUT2D eigenvalue weighted by molar-refractivity contribution is 6.30. The smallest absolute Gasteiger partial charge is 0.253 e. The first kappa shape index (κ1) is 14.8. The zero-order valence-corrected chi connectivity index (χ0v) is 12.6. The van der Waals surface area contributed by atoms with Crippen LogP contribution in [-0.4, -0.2) is 72.2 Å². The molecule has 2 N–H and O–H groups in total. The van der Waals surface area contributed by atoms with Crippen molar-refractivity contribution in [2.75, 3.05) is 39.3 Å². The number of carbonyl (C=O) groups excluding carboxylic acids is 1. The number of carbonyl (C=O) groups is 1. The van der Waals surface area contributed by atoms with Crippen LogP contribution < -0.4 is 5.32 Å². The van der Waals surface area contributed by atoms with E-state index in [1.165, 1.54) is 0 Å². The van der Waals surface area contributed by atoms with Gasteiger partial charge in [-0.2, -0.15) is 0 Å². The number of benzene rings is 1. The molecule has 0 spiro atoms. The Bertz CT molecular complexity index is 502. The molecular formula is C15H20ClN3O2. The molecular weight excluding hydrogens is 290 g/mol. The summed E-state index contributed by atoms with van der Waals surface area (Å²) in [7, 11) is 0. The van der Waals surface area contributed by atoms with Crippen molar-refractivity contribution < 1.29 is 9.90 Å². The van der Waals surface area contributed by atoms with Crippen molar-refractivity contribution in [3.8, 4) is 0 Å². The van der Waals surface area contributed by atoms with Crippen molar-refractivity contribution in [3.63, 3.8) is 0 Å². The minimum Gasteiger partial charge on any atom is -0.390 e. The highest BCUT2D eigenvalue weighted by Crippen LogP contribution is 2.20. The number of nitrogens with zero attached hydrogens (tertiary/aromatic N) is 2. The van der Waals surface area contributed by atoms with Crippen molar-refractivity contribution in [2.24, 2.45) is 0 Å². The van der Waals surface area contributed by atoms with Crippen LogP contribution in [0.5, 0.6) is 0 Å². The minimum absolute atomic E-state index is 0.0386. The lowest BCUT2D eigenvalue weighted by atomic mass is 10.1. The normalized spacial score (nSPS) is 27.0.